The minimum atomic E-state index is -0.556. The lowest BCUT2D eigenvalue weighted by molar-refractivity contribution is -0.152. The number of carbonyl (C=O) groups is 2. The van der Waals surface area contributed by atoms with Crippen molar-refractivity contribution in [3.05, 3.63) is 76.2 Å². The van der Waals surface area contributed by atoms with Gasteiger partial charge in [0.05, 0.1) is 17.5 Å². The molecule has 0 saturated carbocycles. The van der Waals surface area contributed by atoms with Gasteiger partial charge in [0.2, 0.25) is 0 Å². The highest BCUT2D eigenvalue weighted by Gasteiger charge is 2.25. The van der Waals surface area contributed by atoms with Gasteiger partial charge in [-0.3, -0.25) is 19.3 Å². The summed E-state index contributed by atoms with van der Waals surface area (Å²) in [5, 5.41) is 7.43. The minimum absolute atomic E-state index is 0.118. The molecule has 0 aliphatic carbocycles. The molecule has 2 aromatic carbocycles. The van der Waals surface area contributed by atoms with Crippen molar-refractivity contribution in [3.63, 3.8) is 0 Å². The van der Waals surface area contributed by atoms with Crippen LogP contribution in [0.2, 0.25) is 0 Å². The molecule has 0 bridgehead atoms. The lowest BCUT2D eigenvalue weighted by atomic mass is 10.1. The van der Waals surface area contributed by atoms with E-state index in [4.69, 9.17) is 4.74 Å². The number of carbonyl (C=O) groups excluding carboxylic acids is 2. The first-order chi connectivity index (χ1) is 15.5. The van der Waals surface area contributed by atoms with Crippen molar-refractivity contribution in [2.45, 2.75) is 19.4 Å². The molecule has 1 aromatic heterocycles. The van der Waals surface area contributed by atoms with Gasteiger partial charge < -0.3 is 9.64 Å². The second-order valence-electron chi connectivity index (χ2n) is 7.89. The topological polar surface area (TPSA) is 95.6 Å². The van der Waals surface area contributed by atoms with E-state index in [1.165, 1.54) is 5.56 Å². The molecular weight excluding hydrogens is 408 g/mol. The molecule has 8 heteroatoms. The number of amides is 1. The fourth-order valence-corrected chi connectivity index (χ4v) is 4.03. The standard InChI is InChI=1S/C24H26N4O4/c1-17(18-7-3-2-4-8-18)27-11-13-28(14-12-27)22(29)16-32-23(30)15-21-19-9-5-6-10-20(19)24(31)26-25-21/h2-10,17H,11-16H2,1H3,(H,26,31). The summed E-state index contributed by atoms with van der Waals surface area (Å²) in [6, 6.07) is 17.5. The summed E-state index contributed by atoms with van der Waals surface area (Å²) in [5.74, 6) is -0.760. The van der Waals surface area contributed by atoms with Crippen molar-refractivity contribution >= 4 is 22.6 Å². The minimum Gasteiger partial charge on any atom is -0.455 e. The Morgan fingerprint density at radius 3 is 2.38 bits per heavy atom. The van der Waals surface area contributed by atoms with Crippen LogP contribution in [0.25, 0.3) is 10.8 Å². The number of esters is 1. The van der Waals surface area contributed by atoms with Crippen molar-refractivity contribution in [1.82, 2.24) is 20.0 Å². The largest absolute Gasteiger partial charge is 0.455 e. The molecule has 32 heavy (non-hydrogen) atoms. The van der Waals surface area contributed by atoms with Gasteiger partial charge in [0.15, 0.2) is 6.61 Å². The zero-order valence-electron chi connectivity index (χ0n) is 18.0. The number of aromatic amines is 1. The zero-order chi connectivity index (χ0) is 22.5. The molecule has 0 spiro atoms. The molecule has 1 N–H and O–H groups in total. The van der Waals surface area contributed by atoms with Gasteiger partial charge in [-0.05, 0) is 18.6 Å². The third-order valence-electron chi connectivity index (χ3n) is 5.94. The number of hydrogen-bond donors (Lipinski definition) is 1. The summed E-state index contributed by atoms with van der Waals surface area (Å²) in [5.41, 5.74) is 1.36. The summed E-state index contributed by atoms with van der Waals surface area (Å²) in [6.45, 7) is 4.60. The number of fused-ring (bicyclic) bond motifs is 1. The van der Waals surface area contributed by atoms with Crippen molar-refractivity contribution < 1.29 is 14.3 Å². The number of nitrogens with one attached hydrogen (secondary N) is 1. The Hall–Kier alpha value is -3.52. The van der Waals surface area contributed by atoms with Crippen LogP contribution in [0.4, 0.5) is 0 Å². The normalized spacial score (nSPS) is 15.5. The first-order valence-electron chi connectivity index (χ1n) is 10.7. The molecule has 1 fully saturated rings. The maximum Gasteiger partial charge on any atom is 0.312 e. The molecule has 1 aliphatic heterocycles. The van der Waals surface area contributed by atoms with Crippen LogP contribution in [0.15, 0.2) is 59.4 Å². The first kappa shape index (κ1) is 21.7. The van der Waals surface area contributed by atoms with E-state index < -0.39 is 5.97 Å². The van der Waals surface area contributed by atoms with E-state index in [2.05, 4.69) is 34.2 Å². The Morgan fingerprint density at radius 1 is 1.00 bits per heavy atom. The smallest absolute Gasteiger partial charge is 0.312 e. The number of nitrogens with zero attached hydrogens (tertiary/aromatic N) is 3. The molecule has 166 valence electrons. The maximum atomic E-state index is 12.5. The summed E-state index contributed by atoms with van der Waals surface area (Å²) < 4.78 is 5.21. The molecule has 4 rings (SSSR count). The van der Waals surface area contributed by atoms with E-state index in [1.807, 2.05) is 18.2 Å². The predicted octanol–water partition coefficient (Wildman–Crippen LogP) is 1.91. The van der Waals surface area contributed by atoms with Crippen LogP contribution in [0.5, 0.6) is 0 Å². The van der Waals surface area contributed by atoms with Gasteiger partial charge in [-0.25, -0.2) is 5.10 Å². The van der Waals surface area contributed by atoms with Crippen molar-refractivity contribution in [1.29, 1.82) is 0 Å². The van der Waals surface area contributed by atoms with Gasteiger partial charge in [0.25, 0.3) is 11.5 Å². The Kier molecular flexibility index (Phi) is 6.61. The summed E-state index contributed by atoms with van der Waals surface area (Å²) in [7, 11) is 0. The van der Waals surface area contributed by atoms with E-state index >= 15 is 0 Å². The number of hydrogen-bond acceptors (Lipinski definition) is 6. The summed E-state index contributed by atoms with van der Waals surface area (Å²) in [4.78, 5) is 40.8. The number of piperazine rings is 1. The molecule has 8 nitrogen and oxygen atoms in total. The zero-order valence-corrected chi connectivity index (χ0v) is 18.0. The monoisotopic (exact) mass is 434 g/mol. The fraction of sp³-hybridized carbons (Fsp3) is 0.333. The number of aromatic nitrogens is 2. The van der Waals surface area contributed by atoms with Crippen LogP contribution in [0.1, 0.15) is 24.2 Å². The van der Waals surface area contributed by atoms with Crippen LogP contribution in [0, 0.1) is 0 Å². The van der Waals surface area contributed by atoms with E-state index in [0.717, 1.165) is 13.1 Å². The number of rotatable bonds is 6. The Balaban J connectivity index is 1.27. The molecule has 1 saturated heterocycles. The lowest BCUT2D eigenvalue weighted by Gasteiger charge is -2.38. The molecular formula is C24H26N4O4. The highest BCUT2D eigenvalue weighted by Crippen LogP contribution is 2.21. The Bertz CT molecular complexity index is 1150. The van der Waals surface area contributed by atoms with E-state index in [9.17, 15) is 14.4 Å². The maximum absolute atomic E-state index is 12.5. The van der Waals surface area contributed by atoms with Gasteiger partial charge in [-0.2, -0.15) is 5.10 Å². The van der Waals surface area contributed by atoms with Crippen molar-refractivity contribution in [3.8, 4) is 0 Å². The van der Waals surface area contributed by atoms with E-state index in [0.29, 0.717) is 29.6 Å². The van der Waals surface area contributed by atoms with Crippen LogP contribution in [-0.2, 0) is 20.7 Å². The Morgan fingerprint density at radius 2 is 1.66 bits per heavy atom. The van der Waals surface area contributed by atoms with Gasteiger partial charge in [0, 0.05) is 37.6 Å². The molecule has 3 aromatic rings. The predicted molar refractivity (Wildman–Crippen MR) is 120 cm³/mol. The van der Waals surface area contributed by atoms with Crippen LogP contribution in [-0.4, -0.2) is 64.7 Å². The van der Waals surface area contributed by atoms with Crippen molar-refractivity contribution in [2.75, 3.05) is 32.8 Å². The SMILES string of the molecule is CC(c1ccccc1)N1CCN(C(=O)COC(=O)Cc2n[nH]c(=O)c3ccccc23)CC1. The van der Waals surface area contributed by atoms with Crippen LogP contribution < -0.4 is 5.56 Å². The summed E-state index contributed by atoms with van der Waals surface area (Å²) >= 11 is 0. The van der Waals surface area contributed by atoms with E-state index in [-0.39, 0.29) is 30.5 Å². The molecule has 1 atom stereocenters. The third-order valence-corrected chi connectivity index (χ3v) is 5.94. The average Bonchev–Trinajstić information content (AvgIpc) is 2.84. The molecule has 2 heterocycles. The van der Waals surface area contributed by atoms with Gasteiger partial charge in [-0.1, -0.05) is 48.5 Å². The Labute approximate surface area is 185 Å². The van der Waals surface area contributed by atoms with Gasteiger partial charge in [0.1, 0.15) is 0 Å². The summed E-state index contributed by atoms with van der Waals surface area (Å²) in [6.07, 6.45) is -0.118. The van der Waals surface area contributed by atoms with E-state index in [1.54, 1.807) is 29.2 Å². The number of H-pyrrole nitrogens is 1. The second-order valence-corrected chi connectivity index (χ2v) is 7.89. The molecule has 1 aliphatic rings. The molecule has 0 radical (unpaired) electrons. The second kappa shape index (κ2) is 9.74. The molecule has 1 unspecified atom stereocenters. The molecule has 1 amide bonds. The third kappa shape index (κ3) is 4.86. The fourth-order valence-electron chi connectivity index (χ4n) is 4.03. The van der Waals surface area contributed by atoms with Crippen molar-refractivity contribution in [2.24, 2.45) is 0 Å². The average molecular weight is 434 g/mol. The van der Waals surface area contributed by atoms with Crippen LogP contribution >= 0.6 is 0 Å². The number of benzene rings is 2. The highest BCUT2D eigenvalue weighted by atomic mass is 16.5. The van der Waals surface area contributed by atoms with Crippen LogP contribution in [0.3, 0.4) is 0 Å². The number of ether oxygens (including phenoxy) is 1. The first-order valence-corrected chi connectivity index (χ1v) is 10.7. The van der Waals surface area contributed by atoms with Gasteiger partial charge >= 0.3 is 5.97 Å². The lowest BCUT2D eigenvalue weighted by Crippen LogP contribution is -2.50. The highest BCUT2D eigenvalue weighted by molar-refractivity contribution is 5.87. The quantitative estimate of drug-likeness (QED) is 0.596. The van der Waals surface area contributed by atoms with Gasteiger partial charge in [-0.15, -0.1) is 0 Å².